The van der Waals surface area contributed by atoms with Gasteiger partial charge in [0.15, 0.2) is 0 Å². The first-order valence-electron chi connectivity index (χ1n) is 5.22. The molecule has 0 atom stereocenters. The average molecular weight is 248 g/mol. The molecule has 0 N–H and O–H groups in total. The predicted molar refractivity (Wildman–Crippen MR) is 71.6 cm³/mol. The molecule has 0 spiro atoms. The van der Waals surface area contributed by atoms with Crippen molar-refractivity contribution < 1.29 is 9.13 Å². The van der Waals surface area contributed by atoms with Gasteiger partial charge in [0.05, 0.1) is 7.11 Å². The van der Waals surface area contributed by atoms with Gasteiger partial charge in [-0.1, -0.05) is 23.7 Å². The van der Waals surface area contributed by atoms with Crippen LogP contribution in [0, 0.1) is 5.82 Å². The van der Waals surface area contributed by atoms with Crippen LogP contribution in [0.3, 0.4) is 0 Å². The molecule has 0 aromatic heterocycles. The van der Waals surface area contributed by atoms with Crippen LogP contribution in [-0.4, -0.2) is 15.0 Å². The van der Waals surface area contributed by atoms with Crippen LogP contribution in [0.2, 0.25) is 5.02 Å². The molecule has 2 aromatic rings. The van der Waals surface area contributed by atoms with E-state index in [4.69, 9.17) is 16.3 Å². The summed E-state index contributed by atoms with van der Waals surface area (Å²) >= 11 is 5.91. The van der Waals surface area contributed by atoms with E-state index in [-0.39, 0.29) is 5.82 Å². The van der Waals surface area contributed by atoms with Crippen LogP contribution in [0.5, 0.6) is 5.75 Å². The van der Waals surface area contributed by atoms with E-state index < -0.39 is 0 Å². The van der Waals surface area contributed by atoms with Crippen molar-refractivity contribution in [2.45, 2.75) is 0 Å². The molecule has 0 heterocycles. The first kappa shape index (κ1) is 12.0. The molecule has 2 rings (SSSR count). The lowest BCUT2D eigenvalue weighted by molar-refractivity contribution is 0.416. The zero-order valence-corrected chi connectivity index (χ0v) is 10.4. The van der Waals surface area contributed by atoms with Gasteiger partial charge in [0.1, 0.15) is 19.4 Å². The van der Waals surface area contributed by atoms with Crippen LogP contribution in [0.1, 0.15) is 0 Å². The van der Waals surface area contributed by atoms with E-state index in [1.807, 2.05) is 18.2 Å². The Morgan fingerprint density at radius 1 is 1.18 bits per heavy atom. The monoisotopic (exact) mass is 248 g/mol. The van der Waals surface area contributed by atoms with Crippen molar-refractivity contribution in [2.75, 3.05) is 7.11 Å². The Labute approximate surface area is 106 Å². The molecule has 2 aromatic carbocycles. The molecule has 0 bridgehead atoms. The first-order valence-corrected chi connectivity index (χ1v) is 5.59. The Bertz CT molecular complexity index is 557. The third-order valence-electron chi connectivity index (χ3n) is 2.67. The quantitative estimate of drug-likeness (QED) is 0.742. The van der Waals surface area contributed by atoms with Gasteiger partial charge in [0.2, 0.25) is 0 Å². The van der Waals surface area contributed by atoms with Gasteiger partial charge in [-0.05, 0) is 40.9 Å². The van der Waals surface area contributed by atoms with Gasteiger partial charge in [0.25, 0.3) is 0 Å². The van der Waals surface area contributed by atoms with Gasteiger partial charge in [-0.3, -0.25) is 0 Å². The van der Waals surface area contributed by atoms with E-state index >= 15 is 0 Å². The summed E-state index contributed by atoms with van der Waals surface area (Å²) in [4.78, 5) is 0. The molecule has 0 aliphatic carbocycles. The normalized spacial score (nSPS) is 10.3. The maximum atomic E-state index is 13.7. The predicted octanol–water partition coefficient (Wildman–Crippen LogP) is 2.41. The minimum absolute atomic E-state index is 0.278. The summed E-state index contributed by atoms with van der Waals surface area (Å²) < 4.78 is 18.8. The van der Waals surface area contributed by atoms with Gasteiger partial charge >= 0.3 is 0 Å². The second kappa shape index (κ2) is 4.80. The molecule has 0 saturated carbocycles. The Hall–Kier alpha value is -1.48. The maximum Gasteiger partial charge on any atom is 0.148 e. The van der Waals surface area contributed by atoms with Gasteiger partial charge in [-0.25, -0.2) is 4.39 Å². The molecular weight excluding hydrogens is 237 g/mol. The molecular formula is C13H11BClFO. The van der Waals surface area contributed by atoms with E-state index in [2.05, 4.69) is 0 Å². The molecule has 0 fully saturated rings. The Morgan fingerprint density at radius 2 is 1.94 bits per heavy atom. The number of hydrogen-bond acceptors (Lipinski definition) is 1. The van der Waals surface area contributed by atoms with Crippen molar-refractivity contribution in [3.63, 3.8) is 0 Å². The van der Waals surface area contributed by atoms with Crippen LogP contribution < -0.4 is 10.2 Å². The van der Waals surface area contributed by atoms with Gasteiger partial charge in [0, 0.05) is 5.02 Å². The highest BCUT2D eigenvalue weighted by molar-refractivity contribution is 6.34. The fraction of sp³-hybridized carbons (Fsp3) is 0.0769. The van der Waals surface area contributed by atoms with Crippen molar-refractivity contribution in [3.8, 4) is 16.9 Å². The molecule has 0 radical (unpaired) electrons. The molecule has 0 aliphatic heterocycles. The summed E-state index contributed by atoms with van der Waals surface area (Å²) in [7, 11) is 3.22. The molecule has 4 heteroatoms. The molecule has 0 aliphatic rings. The Morgan fingerprint density at radius 3 is 2.59 bits per heavy atom. The summed E-state index contributed by atoms with van der Waals surface area (Å²) in [5, 5.41) is 0.627. The first-order chi connectivity index (χ1) is 8.11. The molecule has 0 amide bonds. The largest absolute Gasteiger partial charge is 0.497 e. The molecule has 1 nitrogen and oxygen atoms in total. The summed E-state index contributed by atoms with van der Waals surface area (Å²) in [5.41, 5.74) is 2.14. The fourth-order valence-electron chi connectivity index (χ4n) is 1.70. The number of hydrogen-bond donors (Lipinski definition) is 0. The van der Waals surface area contributed by atoms with Crippen molar-refractivity contribution >= 4 is 24.9 Å². The van der Waals surface area contributed by atoms with Crippen molar-refractivity contribution in [3.05, 3.63) is 47.2 Å². The smallest absolute Gasteiger partial charge is 0.148 e. The molecule has 0 saturated heterocycles. The minimum Gasteiger partial charge on any atom is -0.497 e. The number of ether oxygens (including phenoxy) is 1. The van der Waals surface area contributed by atoms with Crippen molar-refractivity contribution in [2.24, 2.45) is 0 Å². The maximum absolute atomic E-state index is 13.7. The minimum atomic E-state index is -0.278. The highest BCUT2D eigenvalue weighted by Gasteiger charge is 2.08. The Kier molecular flexibility index (Phi) is 3.39. The topological polar surface area (TPSA) is 9.23 Å². The summed E-state index contributed by atoms with van der Waals surface area (Å²) in [6, 6.07) is 10.6. The van der Waals surface area contributed by atoms with Crippen LogP contribution in [0.15, 0.2) is 36.4 Å². The second-order valence-electron chi connectivity index (χ2n) is 3.80. The average Bonchev–Trinajstić information content (AvgIpc) is 2.32. The lowest BCUT2D eigenvalue weighted by Gasteiger charge is -2.09. The van der Waals surface area contributed by atoms with Gasteiger partial charge < -0.3 is 4.74 Å². The molecule has 86 valence electrons. The lowest BCUT2D eigenvalue weighted by Crippen LogP contribution is -2.12. The van der Waals surface area contributed by atoms with Crippen LogP contribution >= 0.6 is 11.6 Å². The zero-order valence-electron chi connectivity index (χ0n) is 9.63. The van der Waals surface area contributed by atoms with E-state index in [0.29, 0.717) is 16.2 Å². The second-order valence-corrected chi connectivity index (χ2v) is 4.23. The number of rotatable bonds is 2. The van der Waals surface area contributed by atoms with E-state index in [1.54, 1.807) is 20.0 Å². The van der Waals surface area contributed by atoms with Crippen molar-refractivity contribution in [1.82, 2.24) is 0 Å². The fourth-order valence-corrected chi connectivity index (χ4v) is 1.89. The standard InChI is InChI=1S/C13H11BClFO/c1-17-12-7-9(6-11(16)13(12)14)8-3-2-4-10(15)5-8/h2-7H,14H2,1H3. The number of benzene rings is 2. The molecule has 17 heavy (non-hydrogen) atoms. The van der Waals surface area contributed by atoms with E-state index in [1.165, 1.54) is 13.2 Å². The summed E-state index contributed by atoms with van der Waals surface area (Å²) in [6.07, 6.45) is 0. The third-order valence-corrected chi connectivity index (χ3v) is 2.91. The third kappa shape index (κ3) is 2.45. The zero-order chi connectivity index (χ0) is 12.4. The highest BCUT2D eigenvalue weighted by atomic mass is 35.5. The summed E-state index contributed by atoms with van der Waals surface area (Å²) in [5.74, 6) is 0.263. The van der Waals surface area contributed by atoms with E-state index in [9.17, 15) is 4.39 Å². The van der Waals surface area contributed by atoms with E-state index in [0.717, 1.165) is 11.1 Å². The number of halogens is 2. The van der Waals surface area contributed by atoms with Crippen LogP contribution in [0.25, 0.3) is 11.1 Å². The number of methoxy groups -OCH3 is 1. The van der Waals surface area contributed by atoms with Crippen molar-refractivity contribution in [1.29, 1.82) is 0 Å². The highest BCUT2D eigenvalue weighted by Crippen LogP contribution is 2.26. The Balaban J connectivity index is 2.56. The summed E-state index contributed by atoms with van der Waals surface area (Å²) in [6.45, 7) is 0. The van der Waals surface area contributed by atoms with Gasteiger partial charge in [-0.2, -0.15) is 0 Å². The van der Waals surface area contributed by atoms with Crippen LogP contribution in [0.4, 0.5) is 4.39 Å². The van der Waals surface area contributed by atoms with Crippen LogP contribution in [-0.2, 0) is 0 Å². The van der Waals surface area contributed by atoms with Gasteiger partial charge in [-0.15, -0.1) is 0 Å². The SMILES string of the molecule is Bc1c(F)cc(-c2cccc(Cl)c2)cc1OC. The molecule has 0 unspecified atom stereocenters. The lowest BCUT2D eigenvalue weighted by atomic mass is 9.91.